The van der Waals surface area contributed by atoms with Crippen LogP contribution in [0.3, 0.4) is 0 Å². The van der Waals surface area contributed by atoms with Gasteiger partial charge >= 0.3 is 0 Å². The van der Waals surface area contributed by atoms with Gasteiger partial charge in [0.25, 0.3) is 0 Å². The molecular weight excluding hydrogens is 216 g/mol. The molecule has 1 amide bonds. The van der Waals surface area contributed by atoms with E-state index in [4.69, 9.17) is 0 Å². The molecule has 1 aliphatic rings. The Morgan fingerprint density at radius 3 is 3.18 bits per heavy atom. The van der Waals surface area contributed by atoms with Crippen molar-refractivity contribution in [1.82, 2.24) is 20.2 Å². The van der Waals surface area contributed by atoms with E-state index in [0.29, 0.717) is 5.92 Å². The molecule has 1 aromatic rings. The number of hydrogen-bond donors (Lipinski definition) is 2. The number of imidazole rings is 1. The van der Waals surface area contributed by atoms with E-state index >= 15 is 0 Å². The lowest BCUT2D eigenvalue weighted by Crippen LogP contribution is -2.48. The van der Waals surface area contributed by atoms with Crippen LogP contribution in [0.1, 0.15) is 18.7 Å². The summed E-state index contributed by atoms with van der Waals surface area (Å²) < 4.78 is 2.05. The predicted octanol–water partition coefficient (Wildman–Crippen LogP) is 0.0768. The Kier molecular flexibility index (Phi) is 3.78. The highest BCUT2D eigenvalue weighted by Crippen LogP contribution is 2.20. The van der Waals surface area contributed by atoms with Crippen molar-refractivity contribution in [2.75, 3.05) is 13.6 Å². The van der Waals surface area contributed by atoms with Crippen LogP contribution in [0.2, 0.25) is 0 Å². The van der Waals surface area contributed by atoms with E-state index in [1.807, 2.05) is 19.4 Å². The van der Waals surface area contributed by atoms with E-state index in [0.717, 1.165) is 31.6 Å². The molecule has 2 unspecified atom stereocenters. The molecule has 2 atom stereocenters. The van der Waals surface area contributed by atoms with Gasteiger partial charge in [0.2, 0.25) is 5.91 Å². The molecule has 0 spiro atoms. The first-order chi connectivity index (χ1) is 8.20. The molecule has 17 heavy (non-hydrogen) atoms. The van der Waals surface area contributed by atoms with E-state index in [2.05, 4.69) is 20.2 Å². The molecule has 5 nitrogen and oxygen atoms in total. The first-order valence-electron chi connectivity index (χ1n) is 6.12. The van der Waals surface area contributed by atoms with E-state index in [9.17, 15) is 4.79 Å². The van der Waals surface area contributed by atoms with Gasteiger partial charge in [-0.2, -0.15) is 0 Å². The second-order valence-electron chi connectivity index (χ2n) is 4.67. The first kappa shape index (κ1) is 12.1. The minimum atomic E-state index is -0.0426. The van der Waals surface area contributed by atoms with Crippen LogP contribution in [0.25, 0.3) is 0 Å². The molecule has 1 aliphatic heterocycles. The van der Waals surface area contributed by atoms with Crippen LogP contribution < -0.4 is 10.6 Å². The van der Waals surface area contributed by atoms with Crippen molar-refractivity contribution >= 4 is 5.91 Å². The van der Waals surface area contributed by atoms with Crippen molar-refractivity contribution in [3.8, 4) is 0 Å². The third-order valence-electron chi connectivity index (χ3n) is 3.47. The zero-order valence-electron chi connectivity index (χ0n) is 10.4. The Morgan fingerprint density at radius 2 is 2.53 bits per heavy atom. The van der Waals surface area contributed by atoms with Gasteiger partial charge in [0.05, 0.1) is 6.04 Å². The quantitative estimate of drug-likeness (QED) is 0.781. The van der Waals surface area contributed by atoms with Gasteiger partial charge in [-0.3, -0.25) is 4.79 Å². The minimum Gasteiger partial charge on any atom is -0.358 e. The van der Waals surface area contributed by atoms with Gasteiger partial charge in [0, 0.05) is 32.9 Å². The number of carbonyl (C=O) groups is 1. The zero-order chi connectivity index (χ0) is 12.3. The van der Waals surface area contributed by atoms with Crippen molar-refractivity contribution in [3.63, 3.8) is 0 Å². The normalized spacial score (nSPS) is 24.6. The molecule has 0 aliphatic carbocycles. The van der Waals surface area contributed by atoms with Crippen molar-refractivity contribution in [1.29, 1.82) is 0 Å². The number of nitrogens with one attached hydrogen (secondary N) is 2. The molecular formula is C12H20N4O. The smallest absolute Gasteiger partial charge is 0.236 e. The summed E-state index contributed by atoms with van der Waals surface area (Å²) in [7, 11) is 3.70. The van der Waals surface area contributed by atoms with Gasteiger partial charge in [-0.1, -0.05) is 0 Å². The Balaban J connectivity index is 1.94. The molecule has 2 N–H and O–H groups in total. The number of aryl methyl sites for hydroxylation is 1. The minimum absolute atomic E-state index is 0.0426. The maximum absolute atomic E-state index is 11.6. The standard InChI is InChI=1S/C12H20N4O/c1-13-12(17)10-7-9(3-4-14-10)8-11-15-5-6-16(11)2/h5-6,9-10,14H,3-4,7-8H2,1-2H3,(H,13,17). The maximum atomic E-state index is 11.6. The van der Waals surface area contributed by atoms with Crippen molar-refractivity contribution < 1.29 is 4.79 Å². The van der Waals surface area contributed by atoms with E-state index in [-0.39, 0.29) is 11.9 Å². The Labute approximate surface area is 102 Å². The topological polar surface area (TPSA) is 59.0 Å². The molecule has 0 aromatic carbocycles. The van der Waals surface area contributed by atoms with Crippen LogP contribution in [0.15, 0.2) is 12.4 Å². The average molecular weight is 236 g/mol. The number of amides is 1. The van der Waals surface area contributed by atoms with Crippen molar-refractivity contribution in [2.24, 2.45) is 13.0 Å². The van der Waals surface area contributed by atoms with Crippen LogP contribution in [0.4, 0.5) is 0 Å². The monoisotopic (exact) mass is 236 g/mol. The number of likely N-dealkylation sites (N-methyl/N-ethyl adjacent to an activating group) is 1. The number of nitrogens with zero attached hydrogens (tertiary/aromatic N) is 2. The highest BCUT2D eigenvalue weighted by Gasteiger charge is 2.26. The molecule has 1 aromatic heterocycles. The zero-order valence-corrected chi connectivity index (χ0v) is 10.4. The van der Waals surface area contributed by atoms with E-state index in [1.165, 1.54) is 0 Å². The van der Waals surface area contributed by atoms with E-state index < -0.39 is 0 Å². The largest absolute Gasteiger partial charge is 0.358 e. The van der Waals surface area contributed by atoms with Gasteiger partial charge < -0.3 is 15.2 Å². The third-order valence-corrected chi connectivity index (χ3v) is 3.47. The average Bonchev–Trinajstić information content (AvgIpc) is 2.74. The summed E-state index contributed by atoms with van der Waals surface area (Å²) >= 11 is 0. The third kappa shape index (κ3) is 2.85. The summed E-state index contributed by atoms with van der Waals surface area (Å²) in [6.07, 6.45) is 6.75. The molecule has 5 heteroatoms. The summed E-state index contributed by atoms with van der Waals surface area (Å²) in [5.74, 6) is 1.74. The lowest BCUT2D eigenvalue weighted by atomic mass is 9.89. The molecule has 1 fully saturated rings. The predicted molar refractivity (Wildman–Crippen MR) is 65.5 cm³/mol. The summed E-state index contributed by atoms with van der Waals surface area (Å²) in [6.45, 7) is 0.910. The SMILES string of the molecule is CNC(=O)C1CC(Cc2nccn2C)CCN1. The van der Waals surface area contributed by atoms with Crippen LogP contribution in [0, 0.1) is 5.92 Å². The molecule has 0 bridgehead atoms. The van der Waals surface area contributed by atoms with Gasteiger partial charge in [0.1, 0.15) is 5.82 Å². The fraction of sp³-hybridized carbons (Fsp3) is 0.667. The number of carbonyl (C=O) groups excluding carboxylic acids is 1. The van der Waals surface area contributed by atoms with E-state index in [1.54, 1.807) is 7.05 Å². The number of piperidine rings is 1. The number of hydrogen-bond acceptors (Lipinski definition) is 3. The highest BCUT2D eigenvalue weighted by atomic mass is 16.2. The second-order valence-corrected chi connectivity index (χ2v) is 4.67. The number of aromatic nitrogens is 2. The van der Waals surface area contributed by atoms with Gasteiger partial charge in [-0.15, -0.1) is 0 Å². The summed E-state index contributed by atoms with van der Waals surface area (Å²) in [5.41, 5.74) is 0. The highest BCUT2D eigenvalue weighted by molar-refractivity contribution is 5.81. The molecule has 2 heterocycles. The van der Waals surface area contributed by atoms with Gasteiger partial charge in [-0.25, -0.2) is 4.98 Å². The number of rotatable bonds is 3. The first-order valence-corrected chi connectivity index (χ1v) is 6.12. The maximum Gasteiger partial charge on any atom is 0.236 e. The molecule has 1 saturated heterocycles. The van der Waals surface area contributed by atoms with Crippen molar-refractivity contribution in [2.45, 2.75) is 25.3 Å². The summed E-state index contributed by atoms with van der Waals surface area (Å²) in [5, 5.41) is 5.96. The van der Waals surface area contributed by atoms with Crippen LogP contribution in [-0.2, 0) is 18.3 Å². The molecule has 0 radical (unpaired) electrons. The van der Waals surface area contributed by atoms with Crippen LogP contribution in [0.5, 0.6) is 0 Å². The molecule has 2 rings (SSSR count). The molecule has 0 saturated carbocycles. The fourth-order valence-electron chi connectivity index (χ4n) is 2.41. The summed E-state index contributed by atoms with van der Waals surface area (Å²) in [4.78, 5) is 15.9. The molecule has 94 valence electrons. The Hall–Kier alpha value is -1.36. The second kappa shape index (κ2) is 5.31. The lowest BCUT2D eigenvalue weighted by Gasteiger charge is -2.29. The Bertz CT molecular complexity index is 388. The van der Waals surface area contributed by atoms with Gasteiger partial charge in [-0.05, 0) is 25.3 Å². The van der Waals surface area contributed by atoms with Gasteiger partial charge in [0.15, 0.2) is 0 Å². The van der Waals surface area contributed by atoms with Crippen LogP contribution in [-0.4, -0.2) is 35.1 Å². The fourth-order valence-corrected chi connectivity index (χ4v) is 2.41. The Morgan fingerprint density at radius 1 is 1.71 bits per heavy atom. The summed E-state index contributed by atoms with van der Waals surface area (Å²) in [6, 6.07) is -0.0426. The van der Waals surface area contributed by atoms with Crippen LogP contribution >= 0.6 is 0 Å². The lowest BCUT2D eigenvalue weighted by molar-refractivity contribution is -0.123. The van der Waals surface area contributed by atoms with Crippen molar-refractivity contribution in [3.05, 3.63) is 18.2 Å².